The number of carbonyl (C=O) groups is 3. The molecule has 2 amide bonds. The molecule has 0 spiro atoms. The molecule has 2 aliphatic rings. The first kappa shape index (κ1) is 20.0. The van der Waals surface area contributed by atoms with Crippen molar-refractivity contribution >= 4 is 46.6 Å². The maximum absolute atomic E-state index is 12.0. The number of amides is 2. The van der Waals surface area contributed by atoms with Gasteiger partial charge in [-0.1, -0.05) is 43.7 Å². The first-order valence-corrected chi connectivity index (χ1v) is 10.5. The van der Waals surface area contributed by atoms with Crippen LogP contribution in [0, 0.1) is 5.92 Å². The van der Waals surface area contributed by atoms with Gasteiger partial charge in [0.1, 0.15) is 5.75 Å². The van der Waals surface area contributed by atoms with Gasteiger partial charge in [0.05, 0.1) is 9.93 Å². The molecule has 1 N–H and O–H groups in total. The van der Waals surface area contributed by atoms with Crippen LogP contribution in [-0.2, 0) is 9.59 Å². The van der Waals surface area contributed by atoms with Crippen LogP contribution in [0.25, 0.3) is 6.08 Å². The predicted molar refractivity (Wildman–Crippen MR) is 107 cm³/mol. The third-order valence-electron chi connectivity index (χ3n) is 4.85. The number of halogens is 1. The van der Waals surface area contributed by atoms with Crippen molar-refractivity contribution in [2.24, 2.45) is 5.92 Å². The monoisotopic (exact) mass is 407 g/mol. The lowest BCUT2D eigenvalue weighted by Crippen LogP contribution is -2.17. The van der Waals surface area contributed by atoms with Gasteiger partial charge in [-0.05, 0) is 54.3 Å². The topological polar surface area (TPSA) is 72.5 Å². The molecule has 3 rings (SSSR count). The summed E-state index contributed by atoms with van der Waals surface area (Å²) >= 11 is 7.05. The second-order valence-electron chi connectivity index (χ2n) is 6.91. The van der Waals surface area contributed by atoms with Crippen molar-refractivity contribution in [2.45, 2.75) is 51.4 Å². The summed E-state index contributed by atoms with van der Waals surface area (Å²) in [5.74, 6) is 0.439. The van der Waals surface area contributed by atoms with Gasteiger partial charge < -0.3 is 4.74 Å². The third kappa shape index (κ3) is 5.84. The quantitative estimate of drug-likeness (QED) is 0.392. The first-order chi connectivity index (χ1) is 13.0. The zero-order valence-electron chi connectivity index (χ0n) is 15.0. The summed E-state index contributed by atoms with van der Waals surface area (Å²) in [5.41, 5.74) is 0.584. The Morgan fingerprint density at radius 1 is 1.26 bits per heavy atom. The summed E-state index contributed by atoms with van der Waals surface area (Å²) in [5, 5.41) is 2.14. The van der Waals surface area contributed by atoms with E-state index in [2.05, 4.69) is 5.32 Å². The number of hydrogen-bond acceptors (Lipinski definition) is 5. The molecule has 1 aromatic carbocycles. The number of benzene rings is 1. The fourth-order valence-electron chi connectivity index (χ4n) is 3.44. The van der Waals surface area contributed by atoms with Crippen LogP contribution in [0.3, 0.4) is 0 Å². The highest BCUT2D eigenvalue weighted by Gasteiger charge is 2.25. The van der Waals surface area contributed by atoms with Crippen molar-refractivity contribution in [3.8, 4) is 5.75 Å². The summed E-state index contributed by atoms with van der Waals surface area (Å²) in [6.45, 7) is 0. The van der Waals surface area contributed by atoms with E-state index in [0.717, 1.165) is 30.5 Å². The first-order valence-electron chi connectivity index (χ1n) is 9.26. The molecule has 0 bridgehead atoms. The van der Waals surface area contributed by atoms with Gasteiger partial charge in [0.25, 0.3) is 11.1 Å². The van der Waals surface area contributed by atoms with Gasteiger partial charge in [-0.2, -0.15) is 0 Å². The van der Waals surface area contributed by atoms with E-state index in [1.807, 2.05) is 0 Å². The molecule has 27 heavy (non-hydrogen) atoms. The minimum atomic E-state index is -0.436. The zero-order chi connectivity index (χ0) is 19.2. The summed E-state index contributed by atoms with van der Waals surface area (Å²) in [6.07, 6.45) is 10.4. The number of imide groups is 1. The van der Waals surface area contributed by atoms with Crippen molar-refractivity contribution in [2.75, 3.05) is 0 Å². The van der Waals surface area contributed by atoms with Crippen LogP contribution >= 0.6 is 23.4 Å². The number of rotatable bonds is 6. The summed E-state index contributed by atoms with van der Waals surface area (Å²) in [7, 11) is 0. The molecule has 1 heterocycles. The second-order valence-corrected chi connectivity index (χ2v) is 8.33. The van der Waals surface area contributed by atoms with Gasteiger partial charge in [0.2, 0.25) is 0 Å². The van der Waals surface area contributed by atoms with E-state index in [4.69, 9.17) is 16.3 Å². The van der Waals surface area contributed by atoms with Crippen molar-refractivity contribution in [3.05, 3.63) is 33.7 Å². The fraction of sp³-hybridized carbons (Fsp3) is 0.450. The molecule has 1 aliphatic heterocycles. The van der Waals surface area contributed by atoms with Crippen molar-refractivity contribution in [1.82, 2.24) is 5.32 Å². The number of ether oxygens (including phenoxy) is 1. The smallest absolute Gasteiger partial charge is 0.311 e. The van der Waals surface area contributed by atoms with Crippen LogP contribution in [0.4, 0.5) is 4.79 Å². The van der Waals surface area contributed by atoms with E-state index in [1.165, 1.54) is 32.1 Å². The molecule has 144 valence electrons. The van der Waals surface area contributed by atoms with E-state index in [9.17, 15) is 14.4 Å². The summed E-state index contributed by atoms with van der Waals surface area (Å²) in [4.78, 5) is 35.1. The number of esters is 1. The largest absolute Gasteiger partial charge is 0.426 e. The van der Waals surface area contributed by atoms with E-state index in [-0.39, 0.29) is 10.9 Å². The van der Waals surface area contributed by atoms with Crippen LogP contribution in [0.15, 0.2) is 23.1 Å². The molecular formula is C20H22ClNO4S. The fourth-order valence-corrected chi connectivity index (χ4v) is 4.34. The molecular weight excluding hydrogens is 386 g/mol. The van der Waals surface area contributed by atoms with Crippen LogP contribution < -0.4 is 10.1 Å². The normalized spacial score (nSPS) is 19.4. The number of carbonyl (C=O) groups excluding carboxylic acids is 3. The molecule has 1 aliphatic carbocycles. The zero-order valence-corrected chi connectivity index (χ0v) is 16.5. The lowest BCUT2D eigenvalue weighted by Gasteiger charge is -2.20. The Morgan fingerprint density at radius 2 is 2.04 bits per heavy atom. The van der Waals surface area contributed by atoms with Gasteiger partial charge in [-0.3, -0.25) is 19.7 Å². The van der Waals surface area contributed by atoms with Crippen LogP contribution in [0.2, 0.25) is 5.02 Å². The van der Waals surface area contributed by atoms with E-state index in [0.29, 0.717) is 22.8 Å². The van der Waals surface area contributed by atoms with Crippen molar-refractivity contribution in [1.29, 1.82) is 0 Å². The van der Waals surface area contributed by atoms with Crippen LogP contribution in [0.1, 0.15) is 56.9 Å². The van der Waals surface area contributed by atoms with Crippen molar-refractivity contribution in [3.63, 3.8) is 0 Å². The van der Waals surface area contributed by atoms with Crippen molar-refractivity contribution < 1.29 is 19.1 Å². The number of hydrogen-bond donors (Lipinski definition) is 1. The minimum Gasteiger partial charge on any atom is -0.426 e. The summed E-state index contributed by atoms with van der Waals surface area (Å²) < 4.78 is 5.37. The molecule has 1 aromatic rings. The molecule has 7 heteroatoms. The van der Waals surface area contributed by atoms with Gasteiger partial charge in [-0.25, -0.2) is 0 Å². The van der Waals surface area contributed by atoms with E-state index in [1.54, 1.807) is 24.3 Å². The lowest BCUT2D eigenvalue weighted by atomic mass is 9.86. The van der Waals surface area contributed by atoms with E-state index >= 15 is 0 Å². The molecule has 0 unspecified atom stereocenters. The van der Waals surface area contributed by atoms with Gasteiger partial charge in [0.15, 0.2) is 0 Å². The Kier molecular flexibility index (Phi) is 6.96. The highest BCUT2D eigenvalue weighted by molar-refractivity contribution is 8.18. The summed E-state index contributed by atoms with van der Waals surface area (Å²) in [6, 6.07) is 4.85. The van der Waals surface area contributed by atoms with Crippen LogP contribution in [0.5, 0.6) is 5.75 Å². The van der Waals surface area contributed by atoms with Gasteiger partial charge in [0, 0.05) is 12.5 Å². The van der Waals surface area contributed by atoms with Crippen LogP contribution in [-0.4, -0.2) is 17.1 Å². The Morgan fingerprint density at radius 3 is 2.70 bits per heavy atom. The molecule has 0 atom stereocenters. The molecule has 2 fully saturated rings. The maximum Gasteiger partial charge on any atom is 0.311 e. The molecule has 5 nitrogen and oxygen atoms in total. The third-order valence-corrected chi connectivity index (χ3v) is 5.99. The average Bonchev–Trinajstić information content (AvgIpc) is 2.95. The van der Waals surface area contributed by atoms with E-state index < -0.39 is 11.1 Å². The van der Waals surface area contributed by atoms with Gasteiger partial charge >= 0.3 is 5.97 Å². The Hall–Kier alpha value is -1.79. The molecule has 1 saturated carbocycles. The standard InChI is InChI=1S/C20H22ClNO4S/c21-16-12-15(10-9-14(16)11-17-19(24)22-20(25)27-17)26-18(23)8-4-7-13-5-2-1-3-6-13/h9-13H,1-8H2,(H,22,24,25)/b17-11-. The molecule has 1 saturated heterocycles. The Bertz CT molecular complexity index is 771. The lowest BCUT2D eigenvalue weighted by molar-refractivity contribution is -0.134. The second kappa shape index (κ2) is 9.42. The maximum atomic E-state index is 12.0. The average molecular weight is 408 g/mol. The van der Waals surface area contributed by atoms with Gasteiger partial charge in [-0.15, -0.1) is 0 Å². The number of nitrogens with one attached hydrogen (secondary N) is 1. The highest BCUT2D eigenvalue weighted by Crippen LogP contribution is 2.30. The predicted octanol–water partition coefficient (Wildman–Crippen LogP) is 5.32. The Labute approximate surface area is 167 Å². The Balaban J connectivity index is 1.51. The molecule has 0 radical (unpaired) electrons. The number of thioether (sulfide) groups is 1. The highest BCUT2D eigenvalue weighted by atomic mass is 35.5. The minimum absolute atomic E-state index is 0.260. The SMILES string of the molecule is O=C(CCCC1CCCCC1)Oc1ccc(/C=C2\SC(=O)NC2=O)c(Cl)c1. The molecule has 0 aromatic heterocycles.